The molecule has 0 saturated carbocycles. The van der Waals surface area contributed by atoms with Gasteiger partial charge in [-0.15, -0.1) is 0 Å². The summed E-state index contributed by atoms with van der Waals surface area (Å²) in [6, 6.07) is 0. The molecule has 0 aromatic rings. The van der Waals surface area contributed by atoms with Crippen LogP contribution in [0.5, 0.6) is 0 Å². The van der Waals surface area contributed by atoms with Crippen LogP contribution in [0.1, 0.15) is 0 Å². The summed E-state index contributed by atoms with van der Waals surface area (Å²) in [6.07, 6.45) is 27.7. The molecule has 0 aliphatic rings. The molecule has 0 spiro atoms. The summed E-state index contributed by atoms with van der Waals surface area (Å²) < 4.78 is 11.7. The third kappa shape index (κ3) is 13.8. The van der Waals surface area contributed by atoms with Crippen LogP contribution < -0.4 is 0 Å². The van der Waals surface area contributed by atoms with Crippen molar-refractivity contribution >= 4 is 0 Å². The summed E-state index contributed by atoms with van der Waals surface area (Å²) in [7, 11) is 0. The molecule has 0 amide bonds. The lowest BCUT2D eigenvalue weighted by molar-refractivity contribution is 0.562. The zero-order valence-corrected chi connectivity index (χ0v) is 10.5. The first-order chi connectivity index (χ1) is 8.91. The van der Waals surface area contributed by atoms with Crippen molar-refractivity contribution in [3.8, 4) is 0 Å². The average Bonchev–Trinajstić information content (AvgIpc) is 2.39. The minimum atomic E-state index is -0.422. The standard InChI is InChI=1S/C17H19F/c1-2-3-4-5-6-7-8-9-10-11-12-13-14-15-16-17-18/h2-16H,1,17H2/b4-3+,6-5+,8-7+,10-9+,12-11+,14-13+,16-15+. The molecule has 0 rings (SSSR count). The van der Waals surface area contributed by atoms with Crippen LogP contribution in [0.25, 0.3) is 0 Å². The minimum absolute atomic E-state index is 0.422. The van der Waals surface area contributed by atoms with E-state index >= 15 is 0 Å². The first kappa shape index (κ1) is 15.9. The summed E-state index contributed by atoms with van der Waals surface area (Å²) in [4.78, 5) is 0. The molecule has 0 nitrogen and oxygen atoms in total. The van der Waals surface area contributed by atoms with Crippen LogP contribution in [-0.4, -0.2) is 6.67 Å². The van der Waals surface area contributed by atoms with E-state index in [0.29, 0.717) is 0 Å². The van der Waals surface area contributed by atoms with Gasteiger partial charge in [0.1, 0.15) is 6.67 Å². The number of allylic oxidation sites excluding steroid dienone is 15. The molecule has 0 heterocycles. The van der Waals surface area contributed by atoms with Gasteiger partial charge < -0.3 is 0 Å². The van der Waals surface area contributed by atoms with Gasteiger partial charge in [-0.1, -0.05) is 97.7 Å². The van der Waals surface area contributed by atoms with Gasteiger partial charge in [-0.3, -0.25) is 0 Å². The van der Waals surface area contributed by atoms with Gasteiger partial charge in [0.25, 0.3) is 0 Å². The molecule has 94 valence electrons. The molecule has 1 heteroatoms. The van der Waals surface area contributed by atoms with E-state index in [9.17, 15) is 4.39 Å². The van der Waals surface area contributed by atoms with Crippen LogP contribution in [0.2, 0.25) is 0 Å². The van der Waals surface area contributed by atoms with Crippen LogP contribution in [-0.2, 0) is 0 Å². The predicted octanol–water partition coefficient (Wildman–Crippen LogP) is 5.04. The fraction of sp³-hybridized carbons (Fsp3) is 0.0588. The van der Waals surface area contributed by atoms with E-state index < -0.39 is 6.67 Å². The maximum absolute atomic E-state index is 11.7. The SMILES string of the molecule is C=C/C=C/C=C/C=C/C=C/C=C/C=C/C=C/CF. The molecule has 0 aliphatic carbocycles. The van der Waals surface area contributed by atoms with E-state index in [2.05, 4.69) is 6.58 Å². The number of hydrogen-bond acceptors (Lipinski definition) is 0. The summed E-state index contributed by atoms with van der Waals surface area (Å²) in [5.74, 6) is 0. The van der Waals surface area contributed by atoms with Crippen molar-refractivity contribution in [1.82, 2.24) is 0 Å². The fourth-order valence-electron chi connectivity index (χ4n) is 0.914. The van der Waals surface area contributed by atoms with Crippen molar-refractivity contribution in [3.63, 3.8) is 0 Å². The van der Waals surface area contributed by atoms with E-state index in [4.69, 9.17) is 0 Å². The predicted molar refractivity (Wildman–Crippen MR) is 80.2 cm³/mol. The number of alkyl halides is 1. The first-order valence-corrected chi connectivity index (χ1v) is 5.75. The van der Waals surface area contributed by atoms with Crippen LogP contribution in [0.3, 0.4) is 0 Å². The molecule has 18 heavy (non-hydrogen) atoms. The largest absolute Gasteiger partial charge is 0.247 e. The second kappa shape index (κ2) is 14.8. The van der Waals surface area contributed by atoms with Crippen molar-refractivity contribution in [3.05, 3.63) is 97.7 Å². The van der Waals surface area contributed by atoms with Crippen molar-refractivity contribution in [2.45, 2.75) is 0 Å². The first-order valence-electron chi connectivity index (χ1n) is 5.75. The Bertz CT molecular complexity index is 388. The molecule has 0 atom stereocenters. The Balaban J connectivity index is 3.79. The normalized spacial score (nSPS) is 13.8. The van der Waals surface area contributed by atoms with Crippen molar-refractivity contribution in [2.24, 2.45) is 0 Å². The fourth-order valence-corrected chi connectivity index (χ4v) is 0.914. The molecule has 0 unspecified atom stereocenters. The Morgan fingerprint density at radius 2 is 0.889 bits per heavy atom. The topological polar surface area (TPSA) is 0 Å². The summed E-state index contributed by atoms with van der Waals surface area (Å²) in [6.45, 7) is 3.15. The number of halogens is 1. The third-order valence-corrected chi connectivity index (χ3v) is 1.69. The molecule has 0 bridgehead atoms. The van der Waals surface area contributed by atoms with E-state index in [0.717, 1.165) is 0 Å². The molecule has 0 fully saturated rings. The van der Waals surface area contributed by atoms with Crippen LogP contribution in [0.15, 0.2) is 97.7 Å². The van der Waals surface area contributed by atoms with Gasteiger partial charge >= 0.3 is 0 Å². The Morgan fingerprint density at radius 3 is 1.22 bits per heavy atom. The van der Waals surface area contributed by atoms with Gasteiger partial charge in [0, 0.05) is 0 Å². The molecule has 0 aromatic carbocycles. The highest BCUT2D eigenvalue weighted by molar-refractivity contribution is 5.20. The molecule has 0 radical (unpaired) electrons. The van der Waals surface area contributed by atoms with Crippen molar-refractivity contribution in [2.75, 3.05) is 6.67 Å². The zero-order chi connectivity index (χ0) is 13.3. The van der Waals surface area contributed by atoms with Crippen LogP contribution in [0, 0.1) is 0 Å². The molecule has 0 N–H and O–H groups in total. The van der Waals surface area contributed by atoms with E-state index in [1.807, 2.05) is 66.8 Å². The highest BCUT2D eigenvalue weighted by Gasteiger charge is 1.65. The van der Waals surface area contributed by atoms with E-state index in [1.54, 1.807) is 18.2 Å². The minimum Gasteiger partial charge on any atom is -0.247 e. The molecular weight excluding hydrogens is 223 g/mol. The van der Waals surface area contributed by atoms with Gasteiger partial charge in [0.05, 0.1) is 0 Å². The highest BCUT2D eigenvalue weighted by atomic mass is 19.1. The van der Waals surface area contributed by atoms with Gasteiger partial charge in [-0.2, -0.15) is 0 Å². The van der Waals surface area contributed by atoms with Crippen LogP contribution >= 0.6 is 0 Å². The summed E-state index contributed by atoms with van der Waals surface area (Å²) in [5, 5.41) is 0. The Kier molecular flexibility index (Phi) is 13.1. The average molecular weight is 242 g/mol. The molecular formula is C17H19F. The Morgan fingerprint density at radius 1 is 0.556 bits per heavy atom. The lowest BCUT2D eigenvalue weighted by Crippen LogP contribution is -1.57. The monoisotopic (exact) mass is 242 g/mol. The summed E-state index contributed by atoms with van der Waals surface area (Å²) in [5.41, 5.74) is 0. The highest BCUT2D eigenvalue weighted by Crippen LogP contribution is 1.85. The van der Waals surface area contributed by atoms with Gasteiger partial charge in [0.2, 0.25) is 0 Å². The summed E-state index contributed by atoms with van der Waals surface area (Å²) >= 11 is 0. The van der Waals surface area contributed by atoms with Crippen molar-refractivity contribution in [1.29, 1.82) is 0 Å². The Labute approximate surface area is 109 Å². The molecule has 0 aromatic heterocycles. The molecule has 0 saturated heterocycles. The van der Waals surface area contributed by atoms with E-state index in [1.165, 1.54) is 6.08 Å². The number of rotatable bonds is 8. The van der Waals surface area contributed by atoms with Gasteiger partial charge in [0.15, 0.2) is 0 Å². The number of hydrogen-bond donors (Lipinski definition) is 0. The van der Waals surface area contributed by atoms with Crippen LogP contribution in [0.4, 0.5) is 4.39 Å². The molecule has 0 aliphatic heterocycles. The second-order valence-electron chi connectivity index (χ2n) is 3.13. The zero-order valence-electron chi connectivity index (χ0n) is 10.5. The van der Waals surface area contributed by atoms with E-state index in [-0.39, 0.29) is 0 Å². The maximum atomic E-state index is 11.7. The second-order valence-corrected chi connectivity index (χ2v) is 3.13. The Hall–Kier alpha value is -2.15. The maximum Gasteiger partial charge on any atom is 0.108 e. The van der Waals surface area contributed by atoms with Crippen molar-refractivity contribution < 1.29 is 4.39 Å². The lowest BCUT2D eigenvalue weighted by Gasteiger charge is -1.75. The van der Waals surface area contributed by atoms with Gasteiger partial charge in [-0.05, 0) is 0 Å². The third-order valence-electron chi connectivity index (χ3n) is 1.69. The lowest BCUT2D eigenvalue weighted by atomic mass is 10.3. The van der Waals surface area contributed by atoms with Gasteiger partial charge in [-0.25, -0.2) is 4.39 Å². The quantitative estimate of drug-likeness (QED) is 0.523. The smallest absolute Gasteiger partial charge is 0.108 e.